The summed E-state index contributed by atoms with van der Waals surface area (Å²) in [4.78, 5) is 27.9. The van der Waals surface area contributed by atoms with Gasteiger partial charge in [0.2, 0.25) is 5.95 Å². The lowest BCUT2D eigenvalue weighted by atomic mass is 10.0. The fraction of sp³-hybridized carbons (Fsp3) is 0.333. The molecule has 0 unspecified atom stereocenters. The number of nitrogens with zero attached hydrogens (tertiary/aromatic N) is 6. The van der Waals surface area contributed by atoms with E-state index in [4.69, 9.17) is 0 Å². The van der Waals surface area contributed by atoms with Gasteiger partial charge in [-0.05, 0) is 49.2 Å². The molecule has 35 heavy (non-hydrogen) atoms. The lowest BCUT2D eigenvalue weighted by Crippen LogP contribution is -2.56. The molecule has 0 spiro atoms. The topological polar surface area (TPSA) is 92.9 Å². The van der Waals surface area contributed by atoms with Crippen LogP contribution >= 0.6 is 0 Å². The minimum Gasteiger partial charge on any atom is -0.344 e. The standard InChI is InChI=1S/C24H24F2N8O/c1-2-33-22(35)19-12-29-23(30-17-4-3-16-11-27-7-5-15(16)9-17)31-21(19)34(33)18-6-8-28-20(10-18)32-13-24(25,26)14-32/h3-4,6,8-10,12,27H,2,5,7,11,13-14H2,1H3,(H,29,30,31). The second-order valence-electron chi connectivity index (χ2n) is 8.88. The normalized spacial score (nSPS) is 16.7. The van der Waals surface area contributed by atoms with E-state index in [2.05, 4.69) is 37.7 Å². The Morgan fingerprint density at radius 2 is 2.00 bits per heavy atom. The molecular weight excluding hydrogens is 454 g/mol. The monoisotopic (exact) mass is 478 g/mol. The highest BCUT2D eigenvalue weighted by molar-refractivity contribution is 5.77. The fourth-order valence-corrected chi connectivity index (χ4v) is 4.71. The van der Waals surface area contributed by atoms with Crippen molar-refractivity contribution < 1.29 is 8.78 Å². The predicted molar refractivity (Wildman–Crippen MR) is 129 cm³/mol. The first kappa shape index (κ1) is 21.7. The molecule has 0 aliphatic carbocycles. The molecule has 1 fully saturated rings. The summed E-state index contributed by atoms with van der Waals surface area (Å²) < 4.78 is 30.0. The molecule has 5 heterocycles. The molecule has 9 nitrogen and oxygen atoms in total. The number of halogens is 2. The number of anilines is 3. The Kier molecular flexibility index (Phi) is 5.03. The second-order valence-corrected chi connectivity index (χ2v) is 8.88. The number of pyridine rings is 1. The fourth-order valence-electron chi connectivity index (χ4n) is 4.71. The summed E-state index contributed by atoms with van der Waals surface area (Å²) in [5.41, 5.74) is 4.26. The maximum absolute atomic E-state index is 13.4. The van der Waals surface area contributed by atoms with E-state index in [1.54, 1.807) is 27.7 Å². The third kappa shape index (κ3) is 3.81. The van der Waals surface area contributed by atoms with E-state index < -0.39 is 5.92 Å². The van der Waals surface area contributed by atoms with Crippen LogP contribution in [0.4, 0.5) is 26.2 Å². The molecule has 0 amide bonds. The van der Waals surface area contributed by atoms with Gasteiger partial charge in [-0.2, -0.15) is 4.98 Å². The SMILES string of the molecule is CCn1c(=O)c2cnc(Nc3ccc4c(c3)CCNC4)nc2n1-c1ccnc(N2CC(F)(F)C2)c1. The molecule has 2 aliphatic rings. The number of fused-ring (bicyclic) bond motifs is 2. The Hall–Kier alpha value is -3.86. The summed E-state index contributed by atoms with van der Waals surface area (Å²) >= 11 is 0. The third-order valence-corrected chi connectivity index (χ3v) is 6.47. The molecule has 4 aromatic rings. The Morgan fingerprint density at radius 1 is 1.14 bits per heavy atom. The lowest BCUT2D eigenvalue weighted by Gasteiger charge is -2.39. The molecular formula is C24H24F2N8O. The van der Waals surface area contributed by atoms with Crippen molar-refractivity contribution in [3.8, 4) is 5.69 Å². The molecule has 180 valence electrons. The molecule has 1 saturated heterocycles. The minimum absolute atomic E-state index is 0.218. The van der Waals surface area contributed by atoms with Gasteiger partial charge in [-0.25, -0.2) is 28.1 Å². The highest BCUT2D eigenvalue weighted by Gasteiger charge is 2.44. The van der Waals surface area contributed by atoms with Crippen LogP contribution in [0, 0.1) is 0 Å². The maximum atomic E-state index is 13.4. The van der Waals surface area contributed by atoms with Gasteiger partial charge in [0.25, 0.3) is 11.5 Å². The number of rotatable bonds is 5. The molecule has 1 aromatic carbocycles. The zero-order valence-electron chi connectivity index (χ0n) is 19.1. The van der Waals surface area contributed by atoms with Crippen molar-refractivity contribution in [3.63, 3.8) is 0 Å². The Bertz CT molecular complexity index is 1490. The summed E-state index contributed by atoms with van der Waals surface area (Å²) in [6, 6.07) is 9.61. The van der Waals surface area contributed by atoms with Crippen LogP contribution in [-0.4, -0.2) is 49.9 Å². The van der Waals surface area contributed by atoms with Gasteiger partial charge in [-0.3, -0.25) is 4.79 Å². The Labute approximate surface area is 199 Å². The highest BCUT2D eigenvalue weighted by Crippen LogP contribution is 2.31. The number of hydrogen-bond donors (Lipinski definition) is 2. The average molecular weight is 479 g/mol. The first-order valence-electron chi connectivity index (χ1n) is 11.6. The number of benzene rings is 1. The van der Waals surface area contributed by atoms with Crippen molar-refractivity contribution >= 4 is 28.5 Å². The van der Waals surface area contributed by atoms with Gasteiger partial charge < -0.3 is 15.5 Å². The quantitative estimate of drug-likeness (QED) is 0.456. The molecule has 11 heteroatoms. The van der Waals surface area contributed by atoms with E-state index >= 15 is 0 Å². The van der Waals surface area contributed by atoms with Crippen molar-refractivity contribution in [1.29, 1.82) is 0 Å². The van der Waals surface area contributed by atoms with Crippen LogP contribution in [0.25, 0.3) is 16.7 Å². The summed E-state index contributed by atoms with van der Waals surface area (Å²) in [6.45, 7) is 3.32. The van der Waals surface area contributed by atoms with Gasteiger partial charge in [0.05, 0.1) is 18.8 Å². The highest BCUT2D eigenvalue weighted by atomic mass is 19.3. The summed E-state index contributed by atoms with van der Waals surface area (Å²) in [5.74, 6) is -1.91. The van der Waals surface area contributed by atoms with E-state index in [-0.39, 0.29) is 18.6 Å². The van der Waals surface area contributed by atoms with Crippen molar-refractivity contribution in [2.75, 3.05) is 29.9 Å². The molecule has 0 atom stereocenters. The smallest absolute Gasteiger partial charge is 0.282 e. The molecule has 6 rings (SSSR count). The van der Waals surface area contributed by atoms with Crippen LogP contribution in [0.2, 0.25) is 0 Å². The van der Waals surface area contributed by atoms with Gasteiger partial charge >= 0.3 is 0 Å². The summed E-state index contributed by atoms with van der Waals surface area (Å²) in [7, 11) is 0. The van der Waals surface area contributed by atoms with E-state index in [0.717, 1.165) is 25.2 Å². The van der Waals surface area contributed by atoms with Gasteiger partial charge in [0, 0.05) is 37.2 Å². The number of nitrogens with one attached hydrogen (secondary N) is 2. The van der Waals surface area contributed by atoms with Gasteiger partial charge in [0.15, 0.2) is 5.65 Å². The maximum Gasteiger partial charge on any atom is 0.282 e. The van der Waals surface area contributed by atoms with Crippen molar-refractivity contribution in [3.05, 3.63) is 64.2 Å². The van der Waals surface area contributed by atoms with Crippen molar-refractivity contribution in [2.24, 2.45) is 0 Å². The zero-order chi connectivity index (χ0) is 24.2. The zero-order valence-corrected chi connectivity index (χ0v) is 19.1. The minimum atomic E-state index is -2.70. The Balaban J connectivity index is 1.39. The molecule has 2 N–H and O–H groups in total. The van der Waals surface area contributed by atoms with E-state index in [1.807, 2.05) is 13.0 Å². The number of alkyl halides is 2. The summed E-state index contributed by atoms with van der Waals surface area (Å²) in [5, 5.41) is 7.00. The number of aromatic nitrogens is 5. The van der Waals surface area contributed by atoms with Crippen LogP contribution in [0.15, 0.2) is 47.5 Å². The van der Waals surface area contributed by atoms with Crippen LogP contribution < -0.4 is 21.1 Å². The molecule has 2 aliphatic heterocycles. The Morgan fingerprint density at radius 3 is 2.80 bits per heavy atom. The predicted octanol–water partition coefficient (Wildman–Crippen LogP) is 2.84. The number of hydrogen-bond acceptors (Lipinski definition) is 7. The average Bonchev–Trinajstić information content (AvgIpc) is 3.13. The van der Waals surface area contributed by atoms with Gasteiger partial charge in [-0.15, -0.1) is 0 Å². The largest absolute Gasteiger partial charge is 0.344 e. The van der Waals surface area contributed by atoms with E-state index in [9.17, 15) is 13.6 Å². The van der Waals surface area contributed by atoms with Crippen molar-refractivity contribution in [1.82, 2.24) is 29.6 Å². The van der Waals surface area contributed by atoms with Crippen LogP contribution in [-0.2, 0) is 19.5 Å². The lowest BCUT2D eigenvalue weighted by molar-refractivity contribution is -0.0267. The van der Waals surface area contributed by atoms with Crippen LogP contribution in [0.5, 0.6) is 0 Å². The first-order valence-corrected chi connectivity index (χ1v) is 11.6. The van der Waals surface area contributed by atoms with Crippen LogP contribution in [0.1, 0.15) is 18.1 Å². The van der Waals surface area contributed by atoms with Gasteiger partial charge in [0.1, 0.15) is 11.2 Å². The molecule has 0 radical (unpaired) electrons. The van der Waals surface area contributed by atoms with E-state index in [0.29, 0.717) is 35.0 Å². The summed E-state index contributed by atoms with van der Waals surface area (Å²) in [6.07, 6.45) is 4.03. The van der Waals surface area contributed by atoms with Crippen molar-refractivity contribution in [2.45, 2.75) is 32.4 Å². The second kappa shape index (κ2) is 8.12. The molecule has 3 aromatic heterocycles. The third-order valence-electron chi connectivity index (χ3n) is 6.47. The molecule has 0 saturated carbocycles. The first-order chi connectivity index (χ1) is 16.9. The molecule has 0 bridgehead atoms. The van der Waals surface area contributed by atoms with Crippen LogP contribution in [0.3, 0.4) is 0 Å². The van der Waals surface area contributed by atoms with Gasteiger partial charge in [-0.1, -0.05) is 6.07 Å². The van der Waals surface area contributed by atoms with E-state index in [1.165, 1.54) is 22.2 Å².